The number of nitrogens with zero attached hydrogens (tertiary/aromatic N) is 1. The molecule has 0 spiro atoms. The molecule has 0 saturated carbocycles. The number of ether oxygens (including phenoxy) is 3. The summed E-state index contributed by atoms with van der Waals surface area (Å²) in [7, 11) is 0. The minimum Gasteiger partial charge on any atom is -0.454 e. The molecular formula is C14H19BrN2O3. The van der Waals surface area contributed by atoms with Gasteiger partial charge in [0, 0.05) is 37.2 Å². The molecule has 0 atom stereocenters. The molecule has 0 unspecified atom stereocenters. The predicted octanol–water partition coefficient (Wildman–Crippen LogP) is 1.60. The van der Waals surface area contributed by atoms with E-state index in [0.717, 1.165) is 61.9 Å². The van der Waals surface area contributed by atoms with Gasteiger partial charge in [0.25, 0.3) is 0 Å². The Bertz CT molecular complexity index is 464. The Kier molecular flexibility index (Phi) is 4.77. The van der Waals surface area contributed by atoms with Crippen molar-refractivity contribution >= 4 is 15.9 Å². The first-order valence-corrected chi connectivity index (χ1v) is 7.71. The van der Waals surface area contributed by atoms with Crippen LogP contribution in [0.15, 0.2) is 16.6 Å². The molecule has 20 heavy (non-hydrogen) atoms. The van der Waals surface area contributed by atoms with Gasteiger partial charge >= 0.3 is 0 Å². The zero-order chi connectivity index (χ0) is 13.8. The van der Waals surface area contributed by atoms with Crippen LogP contribution in [0.4, 0.5) is 0 Å². The van der Waals surface area contributed by atoms with Gasteiger partial charge in [-0.2, -0.15) is 0 Å². The van der Waals surface area contributed by atoms with Crippen molar-refractivity contribution < 1.29 is 14.2 Å². The van der Waals surface area contributed by atoms with E-state index in [1.807, 2.05) is 12.1 Å². The molecule has 1 N–H and O–H groups in total. The van der Waals surface area contributed by atoms with Crippen LogP contribution in [-0.4, -0.2) is 51.1 Å². The van der Waals surface area contributed by atoms with Gasteiger partial charge in [0.05, 0.1) is 13.2 Å². The zero-order valence-electron chi connectivity index (χ0n) is 11.4. The fourth-order valence-corrected chi connectivity index (χ4v) is 2.84. The number of halogens is 1. The van der Waals surface area contributed by atoms with Gasteiger partial charge in [-0.05, 0) is 17.7 Å². The molecule has 1 aromatic rings. The van der Waals surface area contributed by atoms with Crippen molar-refractivity contribution in [1.82, 2.24) is 10.2 Å². The van der Waals surface area contributed by atoms with Gasteiger partial charge in [-0.25, -0.2) is 0 Å². The molecule has 0 amide bonds. The number of hydrogen-bond acceptors (Lipinski definition) is 5. The van der Waals surface area contributed by atoms with Gasteiger partial charge in [-0.3, -0.25) is 4.90 Å². The van der Waals surface area contributed by atoms with Gasteiger partial charge in [-0.1, -0.05) is 15.9 Å². The second-order valence-electron chi connectivity index (χ2n) is 4.93. The molecule has 1 saturated heterocycles. The smallest absolute Gasteiger partial charge is 0.231 e. The Balaban J connectivity index is 1.46. The molecule has 1 aromatic carbocycles. The molecule has 110 valence electrons. The minimum absolute atomic E-state index is 0.315. The largest absolute Gasteiger partial charge is 0.454 e. The highest BCUT2D eigenvalue weighted by Crippen LogP contribution is 2.36. The first-order valence-electron chi connectivity index (χ1n) is 6.92. The molecule has 3 rings (SSSR count). The molecule has 0 aliphatic carbocycles. The van der Waals surface area contributed by atoms with Crippen molar-refractivity contribution in [3.05, 3.63) is 22.2 Å². The van der Waals surface area contributed by atoms with Crippen LogP contribution in [0.2, 0.25) is 0 Å². The Morgan fingerprint density at radius 2 is 1.90 bits per heavy atom. The molecule has 6 heteroatoms. The Morgan fingerprint density at radius 1 is 1.15 bits per heavy atom. The van der Waals surface area contributed by atoms with E-state index in [1.165, 1.54) is 5.56 Å². The highest BCUT2D eigenvalue weighted by Gasteiger charge is 2.16. The quantitative estimate of drug-likeness (QED) is 0.823. The third-order valence-corrected chi connectivity index (χ3v) is 4.30. The molecule has 2 aliphatic rings. The van der Waals surface area contributed by atoms with E-state index in [2.05, 4.69) is 26.1 Å². The number of morpholine rings is 1. The van der Waals surface area contributed by atoms with Crippen LogP contribution in [0.25, 0.3) is 0 Å². The van der Waals surface area contributed by atoms with Gasteiger partial charge in [0.1, 0.15) is 0 Å². The topological polar surface area (TPSA) is 43.0 Å². The second-order valence-corrected chi connectivity index (χ2v) is 5.78. The first-order chi connectivity index (χ1) is 9.83. The second kappa shape index (κ2) is 6.76. The van der Waals surface area contributed by atoms with Crippen molar-refractivity contribution in [2.75, 3.05) is 46.2 Å². The fraction of sp³-hybridized carbons (Fsp3) is 0.571. The molecule has 0 aromatic heterocycles. The van der Waals surface area contributed by atoms with Crippen LogP contribution in [0, 0.1) is 0 Å². The summed E-state index contributed by atoms with van der Waals surface area (Å²) in [4.78, 5) is 2.42. The molecule has 0 bridgehead atoms. The van der Waals surface area contributed by atoms with Crippen LogP contribution in [0.1, 0.15) is 5.56 Å². The number of fused-ring (bicyclic) bond motifs is 1. The third-order valence-electron chi connectivity index (χ3n) is 3.57. The van der Waals surface area contributed by atoms with Crippen LogP contribution in [-0.2, 0) is 11.3 Å². The van der Waals surface area contributed by atoms with Gasteiger partial charge in [0.15, 0.2) is 11.5 Å². The van der Waals surface area contributed by atoms with E-state index in [4.69, 9.17) is 14.2 Å². The lowest BCUT2D eigenvalue weighted by atomic mass is 10.2. The van der Waals surface area contributed by atoms with Crippen LogP contribution >= 0.6 is 15.9 Å². The van der Waals surface area contributed by atoms with E-state index in [0.29, 0.717) is 6.79 Å². The zero-order valence-corrected chi connectivity index (χ0v) is 12.9. The highest BCUT2D eigenvalue weighted by atomic mass is 79.9. The van der Waals surface area contributed by atoms with E-state index in [9.17, 15) is 0 Å². The number of benzene rings is 1. The van der Waals surface area contributed by atoms with E-state index >= 15 is 0 Å². The normalized spacial score (nSPS) is 18.4. The van der Waals surface area contributed by atoms with E-state index in [1.54, 1.807) is 0 Å². The van der Waals surface area contributed by atoms with E-state index < -0.39 is 0 Å². The summed E-state index contributed by atoms with van der Waals surface area (Å²) in [5.74, 6) is 1.65. The maximum Gasteiger partial charge on any atom is 0.231 e. The van der Waals surface area contributed by atoms with Crippen molar-refractivity contribution in [3.8, 4) is 11.5 Å². The summed E-state index contributed by atoms with van der Waals surface area (Å²) in [6.45, 7) is 6.95. The number of rotatable bonds is 5. The average molecular weight is 343 g/mol. The van der Waals surface area contributed by atoms with E-state index in [-0.39, 0.29) is 0 Å². The van der Waals surface area contributed by atoms with Crippen LogP contribution in [0.5, 0.6) is 11.5 Å². The third kappa shape index (κ3) is 3.44. The molecule has 5 nitrogen and oxygen atoms in total. The van der Waals surface area contributed by atoms with Gasteiger partial charge in [0.2, 0.25) is 6.79 Å². The highest BCUT2D eigenvalue weighted by molar-refractivity contribution is 9.10. The summed E-state index contributed by atoms with van der Waals surface area (Å²) < 4.78 is 17.1. The lowest BCUT2D eigenvalue weighted by Gasteiger charge is -2.26. The lowest BCUT2D eigenvalue weighted by molar-refractivity contribution is 0.0384. The number of nitrogens with one attached hydrogen (secondary N) is 1. The summed E-state index contributed by atoms with van der Waals surface area (Å²) in [6.07, 6.45) is 0. The van der Waals surface area contributed by atoms with Gasteiger partial charge < -0.3 is 19.5 Å². The van der Waals surface area contributed by atoms with Crippen molar-refractivity contribution in [2.24, 2.45) is 0 Å². The summed E-state index contributed by atoms with van der Waals surface area (Å²) in [5, 5.41) is 3.47. The molecule has 0 radical (unpaired) electrons. The average Bonchev–Trinajstić information content (AvgIpc) is 2.91. The standard InChI is InChI=1S/C14H19BrN2O3/c15-12-8-14-13(19-10-20-14)7-11(12)9-16-1-2-17-3-5-18-6-4-17/h7-8,16H,1-6,9-10H2. The maximum absolute atomic E-state index is 5.40. The monoisotopic (exact) mass is 342 g/mol. The van der Waals surface area contributed by atoms with Gasteiger partial charge in [-0.15, -0.1) is 0 Å². The Labute approximate surface area is 127 Å². The predicted molar refractivity (Wildman–Crippen MR) is 79.2 cm³/mol. The van der Waals surface area contributed by atoms with Crippen LogP contribution < -0.4 is 14.8 Å². The van der Waals surface area contributed by atoms with Crippen molar-refractivity contribution in [3.63, 3.8) is 0 Å². The van der Waals surface area contributed by atoms with Crippen LogP contribution in [0.3, 0.4) is 0 Å². The Hall–Kier alpha value is -0.820. The first kappa shape index (κ1) is 14.1. The molecular weight excluding hydrogens is 324 g/mol. The molecule has 1 fully saturated rings. The maximum atomic E-state index is 5.40. The SMILES string of the molecule is Brc1cc2c(cc1CNCCN1CCOCC1)OCO2. The number of hydrogen-bond donors (Lipinski definition) is 1. The summed E-state index contributed by atoms with van der Waals surface area (Å²) >= 11 is 3.58. The van der Waals surface area contributed by atoms with Crippen molar-refractivity contribution in [1.29, 1.82) is 0 Å². The van der Waals surface area contributed by atoms with Crippen molar-refractivity contribution in [2.45, 2.75) is 6.54 Å². The summed E-state index contributed by atoms with van der Waals surface area (Å²) in [5.41, 5.74) is 1.19. The molecule has 2 aliphatic heterocycles. The lowest BCUT2D eigenvalue weighted by Crippen LogP contribution is -2.40. The fourth-order valence-electron chi connectivity index (χ4n) is 2.38. The molecule has 2 heterocycles. The minimum atomic E-state index is 0.315. The summed E-state index contributed by atoms with van der Waals surface area (Å²) in [6, 6.07) is 4.01. The Morgan fingerprint density at radius 3 is 2.70 bits per heavy atom.